The third-order valence-electron chi connectivity index (χ3n) is 3.38. The zero-order valence-electron chi connectivity index (χ0n) is 10.7. The van der Waals surface area contributed by atoms with Crippen molar-refractivity contribution >= 4 is 40.6 Å². The van der Waals surface area contributed by atoms with Crippen molar-refractivity contribution in [2.45, 2.75) is 19.8 Å². The Morgan fingerprint density at radius 1 is 1.26 bits per heavy atom. The fourth-order valence-corrected chi connectivity index (χ4v) is 2.72. The third-order valence-corrected chi connectivity index (χ3v) is 3.83. The summed E-state index contributed by atoms with van der Waals surface area (Å²) >= 11 is 11.5. The minimum Gasteiger partial charge on any atom is -0.305 e. The highest BCUT2D eigenvalue weighted by Gasteiger charge is 2.35. The summed E-state index contributed by atoms with van der Waals surface area (Å²) in [5.74, 6) is 0.106. The van der Waals surface area contributed by atoms with Gasteiger partial charge in [-0.1, -0.05) is 18.5 Å². The Morgan fingerprint density at radius 2 is 2.00 bits per heavy atom. The van der Waals surface area contributed by atoms with E-state index in [1.54, 1.807) is 23.1 Å². The quantitative estimate of drug-likeness (QED) is 0.616. The molecule has 0 saturated carbocycles. The molecule has 0 radical (unpaired) electrons. The largest absolute Gasteiger partial charge is 0.305 e. The summed E-state index contributed by atoms with van der Waals surface area (Å²) in [5.41, 5.74) is 1.07. The Labute approximate surface area is 122 Å². The summed E-state index contributed by atoms with van der Waals surface area (Å²) < 4.78 is 0. The van der Waals surface area contributed by atoms with Crippen molar-refractivity contribution in [2.75, 3.05) is 17.3 Å². The number of ketones is 1. The van der Waals surface area contributed by atoms with Gasteiger partial charge in [0.15, 0.2) is 0 Å². The Bertz CT molecular complexity index is 516. The molecule has 1 amide bonds. The summed E-state index contributed by atoms with van der Waals surface area (Å²) in [5, 5.41) is 0.470. The van der Waals surface area contributed by atoms with Crippen LogP contribution in [-0.4, -0.2) is 24.1 Å². The highest BCUT2D eigenvalue weighted by molar-refractivity contribution is 6.52. The van der Waals surface area contributed by atoms with E-state index in [1.807, 2.05) is 0 Å². The van der Waals surface area contributed by atoms with E-state index >= 15 is 0 Å². The van der Waals surface area contributed by atoms with Gasteiger partial charge in [-0.05, 0) is 37.0 Å². The van der Waals surface area contributed by atoms with E-state index in [4.69, 9.17) is 23.2 Å². The minimum atomic E-state index is -0.470. The predicted molar refractivity (Wildman–Crippen MR) is 77.3 cm³/mol. The summed E-state index contributed by atoms with van der Waals surface area (Å²) in [7, 11) is 0. The first-order valence-corrected chi connectivity index (χ1v) is 7.17. The van der Waals surface area contributed by atoms with Crippen LogP contribution in [0.3, 0.4) is 0 Å². The lowest BCUT2D eigenvalue weighted by molar-refractivity contribution is -0.114. The van der Waals surface area contributed by atoms with Crippen LogP contribution in [0.2, 0.25) is 5.02 Å². The molecule has 0 aliphatic carbocycles. The lowest BCUT2D eigenvalue weighted by Gasteiger charge is -2.18. The highest BCUT2D eigenvalue weighted by Crippen LogP contribution is 2.31. The zero-order chi connectivity index (χ0) is 14.0. The van der Waals surface area contributed by atoms with E-state index < -0.39 is 11.7 Å². The molecular formula is C14H15Cl2NO2. The van der Waals surface area contributed by atoms with E-state index in [-0.39, 0.29) is 0 Å². The lowest BCUT2D eigenvalue weighted by atomic mass is 10.1. The fourth-order valence-electron chi connectivity index (χ4n) is 2.17. The number of hydrogen-bond donors (Lipinski definition) is 0. The number of benzene rings is 1. The topological polar surface area (TPSA) is 37.4 Å². The predicted octanol–water partition coefficient (Wildman–Crippen LogP) is 3.52. The second-order valence-electron chi connectivity index (χ2n) is 4.82. The van der Waals surface area contributed by atoms with Gasteiger partial charge in [0, 0.05) is 17.4 Å². The SMILES string of the molecule is CC(CCCl)CCN1C(=O)C(=O)c2cc(Cl)ccc21. The minimum absolute atomic E-state index is 0.405. The van der Waals surface area contributed by atoms with Crippen LogP contribution in [0.15, 0.2) is 18.2 Å². The van der Waals surface area contributed by atoms with Gasteiger partial charge in [0.05, 0.1) is 11.3 Å². The van der Waals surface area contributed by atoms with Crippen molar-refractivity contribution in [1.29, 1.82) is 0 Å². The molecule has 0 bridgehead atoms. The van der Waals surface area contributed by atoms with Crippen LogP contribution >= 0.6 is 23.2 Å². The highest BCUT2D eigenvalue weighted by atomic mass is 35.5. The monoisotopic (exact) mass is 299 g/mol. The van der Waals surface area contributed by atoms with Crippen molar-refractivity contribution in [3.05, 3.63) is 28.8 Å². The second-order valence-corrected chi connectivity index (χ2v) is 5.63. The summed E-state index contributed by atoms with van der Waals surface area (Å²) in [6.45, 7) is 2.63. The maximum atomic E-state index is 12.0. The van der Waals surface area contributed by atoms with Crippen LogP contribution in [0.1, 0.15) is 30.1 Å². The number of halogens is 2. The molecule has 1 aromatic rings. The molecule has 0 spiro atoms. The van der Waals surface area contributed by atoms with Gasteiger partial charge in [-0.25, -0.2) is 0 Å². The number of anilines is 1. The van der Waals surface area contributed by atoms with E-state index in [2.05, 4.69) is 6.92 Å². The number of fused-ring (bicyclic) bond motifs is 1. The zero-order valence-corrected chi connectivity index (χ0v) is 12.2. The summed E-state index contributed by atoms with van der Waals surface area (Å²) in [6, 6.07) is 4.98. The molecule has 0 aromatic heterocycles. The van der Waals surface area contributed by atoms with Crippen molar-refractivity contribution in [3.8, 4) is 0 Å². The third kappa shape index (κ3) is 2.93. The van der Waals surface area contributed by atoms with Crippen LogP contribution in [0.25, 0.3) is 0 Å². The number of hydrogen-bond acceptors (Lipinski definition) is 2. The van der Waals surface area contributed by atoms with Crippen molar-refractivity contribution in [3.63, 3.8) is 0 Å². The molecule has 3 nitrogen and oxygen atoms in total. The van der Waals surface area contributed by atoms with Gasteiger partial charge < -0.3 is 4.90 Å². The van der Waals surface area contributed by atoms with Crippen LogP contribution in [0.4, 0.5) is 5.69 Å². The van der Waals surface area contributed by atoms with Gasteiger partial charge >= 0.3 is 0 Å². The number of alkyl halides is 1. The molecule has 19 heavy (non-hydrogen) atoms. The lowest BCUT2D eigenvalue weighted by Crippen LogP contribution is -2.31. The molecule has 1 aromatic carbocycles. The molecular weight excluding hydrogens is 285 g/mol. The Balaban J connectivity index is 2.15. The van der Waals surface area contributed by atoms with Gasteiger partial charge in [-0.2, -0.15) is 0 Å². The van der Waals surface area contributed by atoms with Crippen LogP contribution in [0, 0.1) is 5.92 Å². The maximum absolute atomic E-state index is 12.0. The molecule has 0 N–H and O–H groups in total. The van der Waals surface area contributed by atoms with E-state index in [0.29, 0.717) is 34.6 Å². The molecule has 0 saturated heterocycles. The van der Waals surface area contributed by atoms with E-state index in [9.17, 15) is 9.59 Å². The van der Waals surface area contributed by atoms with Gasteiger partial charge in [-0.15, -0.1) is 11.6 Å². The van der Waals surface area contributed by atoms with Crippen molar-refractivity contribution in [1.82, 2.24) is 0 Å². The number of carbonyl (C=O) groups excluding carboxylic acids is 2. The summed E-state index contributed by atoms with van der Waals surface area (Å²) in [6.07, 6.45) is 1.73. The normalized spacial score (nSPS) is 15.8. The Morgan fingerprint density at radius 3 is 2.68 bits per heavy atom. The first-order chi connectivity index (χ1) is 9.04. The Kier molecular flexibility index (Phi) is 4.48. The second kappa shape index (κ2) is 5.93. The first kappa shape index (κ1) is 14.4. The molecule has 1 unspecified atom stereocenters. The van der Waals surface area contributed by atoms with E-state index in [1.165, 1.54) is 0 Å². The molecule has 1 aliphatic heterocycles. The van der Waals surface area contributed by atoms with Crippen molar-refractivity contribution in [2.24, 2.45) is 5.92 Å². The standard InChI is InChI=1S/C14H15Cl2NO2/c1-9(4-6-15)5-7-17-12-3-2-10(16)8-11(12)13(18)14(17)19/h2-3,8-9H,4-7H2,1H3. The maximum Gasteiger partial charge on any atom is 0.299 e. The van der Waals surface area contributed by atoms with Crippen LogP contribution in [-0.2, 0) is 4.79 Å². The molecule has 1 heterocycles. The fraction of sp³-hybridized carbons (Fsp3) is 0.429. The molecule has 1 atom stereocenters. The molecule has 2 rings (SSSR count). The first-order valence-electron chi connectivity index (χ1n) is 6.26. The smallest absolute Gasteiger partial charge is 0.299 e. The number of amides is 1. The summed E-state index contributed by atoms with van der Waals surface area (Å²) in [4.78, 5) is 25.4. The number of nitrogens with zero attached hydrogens (tertiary/aromatic N) is 1. The number of Topliss-reactive ketones (excluding diaryl/α,β-unsaturated/α-hetero) is 1. The van der Waals surface area contributed by atoms with Gasteiger partial charge in [0.25, 0.3) is 11.7 Å². The number of rotatable bonds is 5. The van der Waals surface area contributed by atoms with Crippen LogP contribution in [0.5, 0.6) is 0 Å². The molecule has 102 valence electrons. The average Bonchev–Trinajstić information content (AvgIpc) is 2.61. The van der Waals surface area contributed by atoms with Gasteiger partial charge in [0.1, 0.15) is 0 Å². The van der Waals surface area contributed by atoms with Crippen LogP contribution < -0.4 is 4.90 Å². The average molecular weight is 300 g/mol. The Hall–Kier alpha value is -1.06. The van der Waals surface area contributed by atoms with Crippen molar-refractivity contribution < 1.29 is 9.59 Å². The molecule has 1 aliphatic rings. The number of carbonyl (C=O) groups is 2. The van der Waals surface area contributed by atoms with Gasteiger partial charge in [0.2, 0.25) is 0 Å². The molecule has 5 heteroatoms. The molecule has 0 fully saturated rings. The van der Waals surface area contributed by atoms with E-state index in [0.717, 1.165) is 12.8 Å². The van der Waals surface area contributed by atoms with Gasteiger partial charge in [-0.3, -0.25) is 9.59 Å².